The Bertz CT molecular complexity index is 314. The molecule has 0 saturated carbocycles. The summed E-state index contributed by atoms with van der Waals surface area (Å²) in [4.78, 5) is 0.900. The minimum atomic E-state index is -2.25. The molecule has 0 aliphatic rings. The molecule has 0 amide bonds. The van der Waals surface area contributed by atoms with E-state index in [1.165, 1.54) is 17.3 Å². The predicted molar refractivity (Wildman–Crippen MR) is 69.9 cm³/mol. The van der Waals surface area contributed by atoms with E-state index in [0.29, 0.717) is 6.04 Å². The average molecular weight is 259 g/mol. The molecule has 0 radical (unpaired) electrons. The van der Waals surface area contributed by atoms with E-state index < -0.39 is 6.43 Å². The predicted octanol–water partition coefficient (Wildman–Crippen LogP) is 4.10. The molecule has 0 aliphatic carbocycles. The molecule has 1 aromatic carbocycles. The van der Waals surface area contributed by atoms with Crippen molar-refractivity contribution in [2.45, 2.75) is 37.6 Å². The summed E-state index contributed by atoms with van der Waals surface area (Å²) in [7, 11) is 0. The van der Waals surface area contributed by atoms with Gasteiger partial charge in [-0.3, -0.25) is 0 Å². The summed E-state index contributed by atoms with van der Waals surface area (Å²) in [5.74, 6) is -0.136. The number of benzene rings is 1. The lowest BCUT2D eigenvalue weighted by Gasteiger charge is -2.13. The van der Waals surface area contributed by atoms with Gasteiger partial charge in [-0.1, -0.05) is 19.1 Å². The van der Waals surface area contributed by atoms with Crippen molar-refractivity contribution in [2.24, 2.45) is 0 Å². The summed E-state index contributed by atoms with van der Waals surface area (Å²) >= 11 is 1.20. The van der Waals surface area contributed by atoms with Crippen LogP contribution in [0.15, 0.2) is 29.2 Å². The SMILES string of the molecule is CCCNC(C)c1ccc(SCC(F)F)cc1. The van der Waals surface area contributed by atoms with Gasteiger partial charge >= 0.3 is 0 Å². The van der Waals surface area contributed by atoms with Crippen LogP contribution in [0.25, 0.3) is 0 Å². The molecule has 1 rings (SSSR count). The van der Waals surface area contributed by atoms with Gasteiger partial charge in [0.15, 0.2) is 0 Å². The minimum Gasteiger partial charge on any atom is -0.310 e. The quantitative estimate of drug-likeness (QED) is 0.740. The van der Waals surface area contributed by atoms with E-state index in [-0.39, 0.29) is 5.75 Å². The van der Waals surface area contributed by atoms with Crippen molar-refractivity contribution in [1.29, 1.82) is 0 Å². The molecular formula is C13H19F2NS. The van der Waals surface area contributed by atoms with Gasteiger partial charge in [0.05, 0.1) is 5.75 Å². The van der Waals surface area contributed by atoms with E-state index in [2.05, 4.69) is 19.2 Å². The Morgan fingerprint density at radius 3 is 2.41 bits per heavy atom. The van der Waals surface area contributed by atoms with Crippen LogP contribution in [0.4, 0.5) is 8.78 Å². The van der Waals surface area contributed by atoms with Crippen molar-refractivity contribution >= 4 is 11.8 Å². The Hall–Kier alpha value is -0.610. The van der Waals surface area contributed by atoms with Gasteiger partial charge in [-0.15, -0.1) is 11.8 Å². The molecule has 96 valence electrons. The molecule has 1 unspecified atom stereocenters. The number of rotatable bonds is 7. The van der Waals surface area contributed by atoms with Crippen molar-refractivity contribution in [3.63, 3.8) is 0 Å². The Kier molecular flexibility index (Phi) is 6.52. The van der Waals surface area contributed by atoms with Gasteiger partial charge in [-0.25, -0.2) is 8.78 Å². The first-order chi connectivity index (χ1) is 8.13. The number of thioether (sulfide) groups is 1. The maximum absolute atomic E-state index is 12.0. The third kappa shape index (κ3) is 5.50. The fourth-order valence-corrected chi connectivity index (χ4v) is 2.14. The molecular weight excluding hydrogens is 240 g/mol. The minimum absolute atomic E-state index is 0.136. The smallest absolute Gasteiger partial charge is 0.247 e. The Morgan fingerprint density at radius 2 is 1.88 bits per heavy atom. The molecule has 1 atom stereocenters. The summed E-state index contributed by atoms with van der Waals surface area (Å²) in [6.45, 7) is 5.23. The van der Waals surface area contributed by atoms with Crippen LogP contribution in [-0.2, 0) is 0 Å². The highest BCUT2D eigenvalue weighted by Crippen LogP contribution is 2.22. The van der Waals surface area contributed by atoms with Crippen molar-refractivity contribution < 1.29 is 8.78 Å². The van der Waals surface area contributed by atoms with E-state index in [0.717, 1.165) is 17.9 Å². The van der Waals surface area contributed by atoms with Crippen LogP contribution in [-0.4, -0.2) is 18.7 Å². The third-order valence-electron chi connectivity index (χ3n) is 2.46. The zero-order chi connectivity index (χ0) is 12.7. The van der Waals surface area contributed by atoms with E-state index in [1.54, 1.807) is 0 Å². The van der Waals surface area contributed by atoms with Crippen molar-refractivity contribution in [1.82, 2.24) is 5.32 Å². The van der Waals surface area contributed by atoms with Crippen LogP contribution in [0, 0.1) is 0 Å². The zero-order valence-corrected chi connectivity index (χ0v) is 11.1. The molecule has 0 aromatic heterocycles. The van der Waals surface area contributed by atoms with Crippen LogP contribution in [0.2, 0.25) is 0 Å². The van der Waals surface area contributed by atoms with Gasteiger partial charge in [0.2, 0.25) is 6.43 Å². The third-order valence-corrected chi connectivity index (χ3v) is 3.48. The van der Waals surface area contributed by atoms with Crippen LogP contribution < -0.4 is 5.32 Å². The molecule has 1 nitrogen and oxygen atoms in total. The number of nitrogens with one attached hydrogen (secondary N) is 1. The average Bonchev–Trinajstić information content (AvgIpc) is 2.34. The van der Waals surface area contributed by atoms with E-state index in [9.17, 15) is 8.78 Å². The Morgan fingerprint density at radius 1 is 1.24 bits per heavy atom. The summed E-state index contributed by atoms with van der Waals surface area (Å²) in [6.07, 6.45) is -1.14. The standard InChI is InChI=1S/C13H19F2NS/c1-3-8-16-10(2)11-4-6-12(7-5-11)17-9-13(14)15/h4-7,10,13,16H,3,8-9H2,1-2H3. The first-order valence-electron chi connectivity index (χ1n) is 5.87. The normalized spacial score (nSPS) is 13.0. The molecule has 0 aliphatic heterocycles. The molecule has 0 heterocycles. The van der Waals surface area contributed by atoms with Crippen LogP contribution in [0.1, 0.15) is 31.9 Å². The Balaban J connectivity index is 2.49. The molecule has 0 saturated heterocycles. The summed E-state index contributed by atoms with van der Waals surface area (Å²) < 4.78 is 24.1. The second-order valence-corrected chi connectivity index (χ2v) is 5.04. The van der Waals surface area contributed by atoms with Crippen LogP contribution in [0.3, 0.4) is 0 Å². The Labute approximate surface area is 106 Å². The first-order valence-corrected chi connectivity index (χ1v) is 6.86. The van der Waals surface area contributed by atoms with Gasteiger partial charge in [-0.05, 0) is 37.6 Å². The van der Waals surface area contributed by atoms with Gasteiger partial charge < -0.3 is 5.32 Å². The first kappa shape index (κ1) is 14.5. The second kappa shape index (κ2) is 7.67. The summed E-state index contributed by atoms with van der Waals surface area (Å²) in [5.41, 5.74) is 1.19. The molecule has 17 heavy (non-hydrogen) atoms. The molecule has 0 spiro atoms. The molecule has 4 heteroatoms. The highest BCUT2D eigenvalue weighted by molar-refractivity contribution is 7.99. The lowest BCUT2D eigenvalue weighted by atomic mass is 10.1. The van der Waals surface area contributed by atoms with E-state index in [4.69, 9.17) is 0 Å². The number of alkyl halides is 2. The molecule has 1 aromatic rings. The van der Waals surface area contributed by atoms with Crippen LogP contribution in [0.5, 0.6) is 0 Å². The summed E-state index contributed by atoms with van der Waals surface area (Å²) in [5, 5.41) is 3.39. The molecule has 0 bridgehead atoms. The van der Waals surface area contributed by atoms with Gasteiger partial charge in [0.1, 0.15) is 0 Å². The van der Waals surface area contributed by atoms with Gasteiger partial charge in [0.25, 0.3) is 0 Å². The van der Waals surface area contributed by atoms with Crippen molar-refractivity contribution in [3.05, 3.63) is 29.8 Å². The number of hydrogen-bond donors (Lipinski definition) is 1. The second-order valence-electron chi connectivity index (χ2n) is 3.95. The summed E-state index contributed by atoms with van der Waals surface area (Å²) in [6, 6.07) is 8.13. The van der Waals surface area contributed by atoms with Crippen molar-refractivity contribution in [2.75, 3.05) is 12.3 Å². The maximum Gasteiger partial charge on any atom is 0.247 e. The van der Waals surface area contributed by atoms with Gasteiger partial charge in [-0.2, -0.15) is 0 Å². The molecule has 1 N–H and O–H groups in total. The van der Waals surface area contributed by atoms with E-state index >= 15 is 0 Å². The van der Waals surface area contributed by atoms with Crippen molar-refractivity contribution in [3.8, 4) is 0 Å². The zero-order valence-electron chi connectivity index (χ0n) is 10.2. The number of halogens is 2. The van der Waals surface area contributed by atoms with E-state index in [1.807, 2.05) is 24.3 Å². The highest BCUT2D eigenvalue weighted by Gasteiger charge is 2.06. The lowest BCUT2D eigenvalue weighted by molar-refractivity contribution is 0.177. The largest absolute Gasteiger partial charge is 0.310 e. The monoisotopic (exact) mass is 259 g/mol. The highest BCUT2D eigenvalue weighted by atomic mass is 32.2. The maximum atomic E-state index is 12.0. The lowest BCUT2D eigenvalue weighted by Crippen LogP contribution is -2.19. The number of hydrogen-bond acceptors (Lipinski definition) is 2. The fraction of sp³-hybridized carbons (Fsp3) is 0.538. The topological polar surface area (TPSA) is 12.0 Å². The van der Waals surface area contributed by atoms with Crippen LogP contribution >= 0.6 is 11.8 Å². The van der Waals surface area contributed by atoms with Gasteiger partial charge in [0, 0.05) is 10.9 Å². The fourth-order valence-electron chi connectivity index (χ4n) is 1.49. The molecule has 0 fully saturated rings.